The van der Waals surface area contributed by atoms with E-state index in [2.05, 4.69) is 5.32 Å². The number of carbonyl (C=O) groups excluding carboxylic acids is 2. The molecule has 1 heterocycles. The molecule has 2 amide bonds. The number of hydrogen-bond acceptors (Lipinski definition) is 4. The molecule has 6 nitrogen and oxygen atoms in total. The van der Waals surface area contributed by atoms with Crippen molar-refractivity contribution < 1.29 is 19.4 Å². The Morgan fingerprint density at radius 3 is 2.40 bits per heavy atom. The van der Waals surface area contributed by atoms with Crippen LogP contribution in [-0.2, 0) is 9.53 Å². The maximum absolute atomic E-state index is 11.9. The Balaban J connectivity index is 2.06. The van der Waals surface area contributed by atoms with Crippen LogP contribution in [0.15, 0.2) is 30.3 Å². The lowest BCUT2D eigenvalue weighted by atomic mass is 9.96. The third kappa shape index (κ3) is 2.46. The summed E-state index contributed by atoms with van der Waals surface area (Å²) in [5, 5.41) is 13.0. The lowest BCUT2D eigenvalue weighted by Gasteiger charge is -2.34. The summed E-state index contributed by atoms with van der Waals surface area (Å²) in [6.45, 7) is 4.37. The highest BCUT2D eigenvalue weighted by molar-refractivity contribution is 5.94. The number of cyclic esters (lactones) is 1. The van der Waals surface area contributed by atoms with Crippen LogP contribution in [-0.4, -0.2) is 39.9 Å². The monoisotopic (exact) mass is 278 g/mol. The zero-order valence-corrected chi connectivity index (χ0v) is 11.7. The van der Waals surface area contributed by atoms with Crippen molar-refractivity contribution in [3.63, 3.8) is 0 Å². The first-order valence-corrected chi connectivity index (χ1v) is 6.32. The minimum atomic E-state index is -1.54. The number of carbonyl (C=O) groups is 2. The number of benzene rings is 1. The number of nitrogens with one attached hydrogen (secondary N) is 1. The Kier molecular flexibility index (Phi) is 3.43. The summed E-state index contributed by atoms with van der Waals surface area (Å²) in [5.41, 5.74) is -1.99. The summed E-state index contributed by atoms with van der Waals surface area (Å²) in [7, 11) is 0. The lowest BCUT2D eigenvalue weighted by molar-refractivity contribution is -0.137. The quantitative estimate of drug-likeness (QED) is 0.879. The molecule has 0 aliphatic carbocycles. The molecule has 1 aliphatic heterocycles. The van der Waals surface area contributed by atoms with Gasteiger partial charge in [0, 0.05) is 5.69 Å². The Bertz CT molecular complexity index is 525. The van der Waals surface area contributed by atoms with E-state index in [9.17, 15) is 14.7 Å². The summed E-state index contributed by atoms with van der Waals surface area (Å²) in [5.74, 6) is -0.397. The zero-order valence-electron chi connectivity index (χ0n) is 11.7. The minimum absolute atomic E-state index is 0.274. The SMILES string of the molecule is CC1(C)OC(=O)N(CC(=O)Nc2ccccc2)[C@]1(C)O. The van der Waals surface area contributed by atoms with Gasteiger partial charge in [0.05, 0.1) is 0 Å². The smallest absolute Gasteiger partial charge is 0.413 e. The Labute approximate surface area is 117 Å². The van der Waals surface area contributed by atoms with Gasteiger partial charge >= 0.3 is 6.09 Å². The molecule has 0 radical (unpaired) electrons. The highest BCUT2D eigenvalue weighted by Crippen LogP contribution is 2.36. The molecule has 0 aromatic heterocycles. The molecule has 2 N–H and O–H groups in total. The van der Waals surface area contributed by atoms with E-state index in [1.54, 1.807) is 38.1 Å². The van der Waals surface area contributed by atoms with Crippen molar-refractivity contribution >= 4 is 17.7 Å². The molecule has 1 aliphatic rings. The summed E-state index contributed by atoms with van der Waals surface area (Å²) >= 11 is 0. The van der Waals surface area contributed by atoms with Gasteiger partial charge in [-0.1, -0.05) is 18.2 Å². The predicted molar refractivity (Wildman–Crippen MR) is 73.0 cm³/mol. The highest BCUT2D eigenvalue weighted by Gasteiger charge is 2.56. The van der Waals surface area contributed by atoms with Gasteiger partial charge in [-0.15, -0.1) is 0 Å². The van der Waals surface area contributed by atoms with Gasteiger partial charge < -0.3 is 15.2 Å². The van der Waals surface area contributed by atoms with Crippen molar-refractivity contribution in [2.24, 2.45) is 0 Å². The van der Waals surface area contributed by atoms with Gasteiger partial charge in [0.1, 0.15) is 6.54 Å². The second-order valence-corrected chi connectivity index (χ2v) is 5.40. The molecule has 2 rings (SSSR count). The molecule has 0 saturated carbocycles. The number of rotatable bonds is 3. The van der Waals surface area contributed by atoms with Crippen LogP contribution in [0.25, 0.3) is 0 Å². The first-order valence-electron chi connectivity index (χ1n) is 6.32. The van der Waals surface area contributed by atoms with Gasteiger partial charge in [-0.05, 0) is 32.9 Å². The van der Waals surface area contributed by atoms with Crippen molar-refractivity contribution in [2.45, 2.75) is 32.1 Å². The van der Waals surface area contributed by atoms with E-state index in [0.29, 0.717) is 5.69 Å². The Morgan fingerprint density at radius 1 is 1.30 bits per heavy atom. The fourth-order valence-corrected chi connectivity index (χ4v) is 1.96. The van der Waals surface area contributed by atoms with Crippen LogP contribution >= 0.6 is 0 Å². The summed E-state index contributed by atoms with van der Waals surface area (Å²) in [6, 6.07) is 8.89. The molecule has 0 unspecified atom stereocenters. The summed E-state index contributed by atoms with van der Waals surface area (Å²) in [4.78, 5) is 24.7. The molecular formula is C14H18N2O4. The van der Waals surface area contributed by atoms with Gasteiger partial charge in [-0.25, -0.2) is 4.79 Å². The largest absolute Gasteiger partial charge is 0.438 e. The van der Waals surface area contributed by atoms with Crippen LogP contribution in [0, 0.1) is 0 Å². The predicted octanol–water partition coefficient (Wildman–Crippen LogP) is 1.56. The number of hydrogen-bond donors (Lipinski definition) is 2. The molecule has 20 heavy (non-hydrogen) atoms. The van der Waals surface area contributed by atoms with Gasteiger partial charge in [-0.2, -0.15) is 0 Å². The van der Waals surface area contributed by atoms with E-state index in [1.165, 1.54) is 6.92 Å². The molecule has 0 spiro atoms. The van der Waals surface area contributed by atoms with Crippen LogP contribution in [0.4, 0.5) is 10.5 Å². The normalized spacial score (nSPS) is 24.4. The van der Waals surface area contributed by atoms with Gasteiger partial charge in [0.2, 0.25) is 5.91 Å². The first kappa shape index (κ1) is 14.3. The van der Waals surface area contributed by atoms with E-state index in [4.69, 9.17) is 4.74 Å². The molecule has 0 bridgehead atoms. The van der Waals surface area contributed by atoms with Crippen LogP contribution in [0.3, 0.4) is 0 Å². The molecule has 6 heteroatoms. The fourth-order valence-electron chi connectivity index (χ4n) is 1.96. The number of anilines is 1. The number of ether oxygens (including phenoxy) is 1. The second kappa shape index (κ2) is 4.79. The number of amides is 2. The van der Waals surface area contributed by atoms with Crippen LogP contribution < -0.4 is 5.32 Å². The molecule has 1 aromatic rings. The lowest BCUT2D eigenvalue weighted by Crippen LogP contribution is -2.55. The first-order chi connectivity index (χ1) is 9.24. The molecule has 1 atom stereocenters. The van der Waals surface area contributed by atoms with Crippen molar-refractivity contribution in [1.82, 2.24) is 4.90 Å². The van der Waals surface area contributed by atoms with Crippen molar-refractivity contribution in [1.29, 1.82) is 0 Å². The Morgan fingerprint density at radius 2 is 1.90 bits per heavy atom. The van der Waals surface area contributed by atoms with E-state index in [1.807, 2.05) is 6.07 Å². The maximum Gasteiger partial charge on any atom is 0.413 e. The number of nitrogens with zero attached hydrogens (tertiary/aromatic N) is 1. The van der Waals surface area contributed by atoms with E-state index in [0.717, 1.165) is 4.90 Å². The molecular weight excluding hydrogens is 260 g/mol. The minimum Gasteiger partial charge on any atom is -0.438 e. The second-order valence-electron chi connectivity index (χ2n) is 5.40. The van der Waals surface area contributed by atoms with Crippen LogP contribution in [0.1, 0.15) is 20.8 Å². The fraction of sp³-hybridized carbons (Fsp3) is 0.429. The third-order valence-corrected chi connectivity index (χ3v) is 3.59. The molecule has 1 saturated heterocycles. The topological polar surface area (TPSA) is 78.9 Å². The van der Waals surface area contributed by atoms with E-state index >= 15 is 0 Å². The van der Waals surface area contributed by atoms with Crippen LogP contribution in [0.2, 0.25) is 0 Å². The molecule has 108 valence electrons. The number of aliphatic hydroxyl groups is 1. The van der Waals surface area contributed by atoms with E-state index < -0.39 is 23.3 Å². The zero-order chi connectivity index (χ0) is 15.0. The van der Waals surface area contributed by atoms with Crippen molar-refractivity contribution in [3.05, 3.63) is 30.3 Å². The van der Waals surface area contributed by atoms with Crippen LogP contribution in [0.5, 0.6) is 0 Å². The molecule has 1 aromatic carbocycles. The van der Waals surface area contributed by atoms with Crippen molar-refractivity contribution in [3.8, 4) is 0 Å². The average molecular weight is 278 g/mol. The highest BCUT2D eigenvalue weighted by atomic mass is 16.6. The standard InChI is InChI=1S/C14H18N2O4/c1-13(2)14(3,19)16(12(18)20-13)9-11(17)15-10-7-5-4-6-8-10/h4-8,19H,9H2,1-3H3,(H,15,17)/t14-/m1/s1. The third-order valence-electron chi connectivity index (χ3n) is 3.59. The van der Waals surface area contributed by atoms with Gasteiger partial charge in [0.25, 0.3) is 0 Å². The average Bonchev–Trinajstić information content (AvgIpc) is 2.49. The molecule has 1 fully saturated rings. The number of para-hydroxylation sites is 1. The Hall–Kier alpha value is -2.08. The summed E-state index contributed by atoms with van der Waals surface area (Å²) in [6.07, 6.45) is -0.705. The maximum atomic E-state index is 11.9. The summed E-state index contributed by atoms with van der Waals surface area (Å²) < 4.78 is 5.08. The van der Waals surface area contributed by atoms with Gasteiger partial charge in [0.15, 0.2) is 11.3 Å². The van der Waals surface area contributed by atoms with Crippen molar-refractivity contribution in [2.75, 3.05) is 11.9 Å². The van der Waals surface area contributed by atoms with E-state index in [-0.39, 0.29) is 6.54 Å². The van der Waals surface area contributed by atoms with Gasteiger partial charge in [-0.3, -0.25) is 9.69 Å².